The van der Waals surface area contributed by atoms with Crippen LogP contribution in [0.3, 0.4) is 0 Å². The van der Waals surface area contributed by atoms with Gasteiger partial charge < -0.3 is 9.55 Å². The summed E-state index contributed by atoms with van der Waals surface area (Å²) in [6.07, 6.45) is 13.1. The van der Waals surface area contributed by atoms with Crippen LogP contribution in [0.4, 0.5) is 0 Å². The second kappa shape index (κ2) is 6.70. The highest BCUT2D eigenvalue weighted by atomic mass is 15.2. The molecule has 0 amide bonds. The molecule has 1 aliphatic carbocycles. The average molecular weight is 455 g/mol. The van der Waals surface area contributed by atoms with Gasteiger partial charge in [-0.2, -0.15) is 0 Å². The molecular formula is C28H34N6. The highest BCUT2D eigenvalue weighted by Crippen LogP contribution is 2.50. The van der Waals surface area contributed by atoms with E-state index < -0.39 is 0 Å². The lowest BCUT2D eigenvalue weighted by Crippen LogP contribution is -2.45. The van der Waals surface area contributed by atoms with Crippen LogP contribution in [0.1, 0.15) is 60.3 Å². The van der Waals surface area contributed by atoms with E-state index in [0.717, 1.165) is 32.5 Å². The fourth-order valence-corrected chi connectivity index (χ4v) is 6.69. The first-order valence-corrected chi connectivity index (χ1v) is 12.6. The predicted octanol–water partition coefficient (Wildman–Crippen LogP) is 4.56. The van der Waals surface area contributed by atoms with Gasteiger partial charge in [0.15, 0.2) is 0 Å². The van der Waals surface area contributed by atoms with Crippen LogP contribution >= 0.6 is 0 Å². The Morgan fingerprint density at radius 1 is 0.912 bits per heavy atom. The molecule has 176 valence electrons. The number of pyridine rings is 2. The highest BCUT2D eigenvalue weighted by molar-refractivity contribution is 5.90. The van der Waals surface area contributed by atoms with E-state index in [1.807, 2.05) is 12.4 Å². The molecule has 7 rings (SSSR count). The lowest BCUT2D eigenvalue weighted by molar-refractivity contribution is 0.132. The van der Waals surface area contributed by atoms with E-state index in [4.69, 9.17) is 0 Å². The maximum Gasteiger partial charge on any atom is 0.0678 e. The number of aromatic amines is 1. The molecule has 6 heterocycles. The summed E-state index contributed by atoms with van der Waals surface area (Å²) in [5, 5.41) is 2.81. The molecule has 34 heavy (non-hydrogen) atoms. The van der Waals surface area contributed by atoms with Gasteiger partial charge in [0, 0.05) is 58.7 Å². The third kappa shape index (κ3) is 2.75. The maximum absolute atomic E-state index is 4.67. The molecule has 0 atom stereocenters. The van der Waals surface area contributed by atoms with Gasteiger partial charge >= 0.3 is 0 Å². The molecule has 3 aliphatic rings. The van der Waals surface area contributed by atoms with Gasteiger partial charge in [-0.1, -0.05) is 0 Å². The highest BCUT2D eigenvalue weighted by Gasteiger charge is 2.50. The summed E-state index contributed by atoms with van der Waals surface area (Å²) in [6.45, 7) is 9.72. The van der Waals surface area contributed by atoms with Crippen molar-refractivity contribution in [2.45, 2.75) is 77.2 Å². The molecule has 1 saturated carbocycles. The molecule has 0 saturated heterocycles. The Morgan fingerprint density at radius 2 is 1.71 bits per heavy atom. The number of rotatable bonds is 2. The Hall–Kier alpha value is -2.70. The largest absolute Gasteiger partial charge is 0.356 e. The summed E-state index contributed by atoms with van der Waals surface area (Å²) < 4.78 is 2.55. The lowest BCUT2D eigenvalue weighted by atomic mass is 9.87. The Labute approximate surface area is 201 Å². The SMILES string of the molecule is Cc1cncc2c1c1c(n2Cc2cncc3[nH]c4c(c23)CC(C)(C)N(C)C4)CN(C)C2(CC2)C1. The molecule has 6 nitrogen and oxygen atoms in total. The minimum absolute atomic E-state index is 0.143. The number of nitrogens with zero attached hydrogens (tertiary/aromatic N) is 5. The first-order chi connectivity index (χ1) is 16.3. The Bertz CT molecular complexity index is 1470. The molecule has 1 fully saturated rings. The number of fused-ring (bicyclic) bond motifs is 6. The van der Waals surface area contributed by atoms with Crippen molar-refractivity contribution >= 4 is 21.8 Å². The minimum Gasteiger partial charge on any atom is -0.356 e. The number of hydrogen-bond donors (Lipinski definition) is 1. The standard InChI is InChI=1S/C28H34N6/c1-17-10-29-13-23-25(17)20-9-28(6-7-28)33(5)16-24(20)34(23)14-18-11-30-12-21-26(18)19-8-27(2,3)32(4)15-22(19)31-21/h10-13,31H,6-9,14-16H2,1-5H3. The lowest BCUT2D eigenvalue weighted by Gasteiger charge is -2.39. The second-order valence-corrected chi connectivity index (χ2v) is 11.8. The zero-order chi connectivity index (χ0) is 23.4. The van der Waals surface area contributed by atoms with Gasteiger partial charge in [0.05, 0.1) is 30.0 Å². The Morgan fingerprint density at radius 3 is 2.50 bits per heavy atom. The molecule has 0 radical (unpaired) electrons. The van der Waals surface area contributed by atoms with Crippen LogP contribution < -0.4 is 0 Å². The van der Waals surface area contributed by atoms with Crippen LogP contribution in [0.15, 0.2) is 24.8 Å². The monoisotopic (exact) mass is 454 g/mol. The molecule has 4 aromatic heterocycles. The number of aryl methyl sites for hydroxylation is 1. The maximum atomic E-state index is 4.67. The molecule has 0 bridgehead atoms. The van der Waals surface area contributed by atoms with Gasteiger partial charge in [0.2, 0.25) is 0 Å². The van der Waals surface area contributed by atoms with Crippen LogP contribution in [0.25, 0.3) is 21.8 Å². The summed E-state index contributed by atoms with van der Waals surface area (Å²) in [5.74, 6) is 0. The molecule has 2 aliphatic heterocycles. The molecule has 1 spiro atoms. The third-order valence-electron chi connectivity index (χ3n) is 9.25. The normalized spacial score (nSPS) is 21.3. The third-order valence-corrected chi connectivity index (χ3v) is 9.25. The molecule has 6 heteroatoms. The van der Waals surface area contributed by atoms with E-state index >= 15 is 0 Å². The van der Waals surface area contributed by atoms with Crippen molar-refractivity contribution in [3.05, 3.63) is 58.4 Å². The van der Waals surface area contributed by atoms with Crippen LogP contribution in [0, 0.1) is 6.92 Å². The fraction of sp³-hybridized carbons (Fsp3) is 0.500. The zero-order valence-corrected chi connectivity index (χ0v) is 21.0. The molecule has 0 unspecified atom stereocenters. The van der Waals surface area contributed by atoms with Crippen LogP contribution in [-0.2, 0) is 32.5 Å². The Balaban J connectivity index is 1.41. The van der Waals surface area contributed by atoms with Crippen molar-refractivity contribution in [1.29, 1.82) is 0 Å². The molecule has 4 aromatic rings. The zero-order valence-electron chi connectivity index (χ0n) is 21.0. The van der Waals surface area contributed by atoms with Crippen molar-refractivity contribution < 1.29 is 0 Å². The first-order valence-electron chi connectivity index (χ1n) is 12.6. The number of hydrogen-bond acceptors (Lipinski definition) is 4. The van der Waals surface area contributed by atoms with Gasteiger partial charge in [0.1, 0.15) is 0 Å². The van der Waals surface area contributed by atoms with Crippen molar-refractivity contribution in [3.63, 3.8) is 0 Å². The van der Waals surface area contributed by atoms with Gasteiger partial charge in [0.25, 0.3) is 0 Å². The van der Waals surface area contributed by atoms with Gasteiger partial charge in [-0.25, -0.2) is 0 Å². The summed E-state index contributed by atoms with van der Waals surface area (Å²) in [7, 11) is 4.54. The number of aromatic nitrogens is 4. The Kier molecular flexibility index (Phi) is 4.07. The quantitative estimate of drug-likeness (QED) is 0.483. The fourth-order valence-electron chi connectivity index (χ4n) is 6.69. The van der Waals surface area contributed by atoms with Gasteiger partial charge in [-0.15, -0.1) is 0 Å². The van der Waals surface area contributed by atoms with Gasteiger partial charge in [-0.05, 0) is 82.8 Å². The first kappa shape index (κ1) is 20.7. The summed E-state index contributed by atoms with van der Waals surface area (Å²) >= 11 is 0. The van der Waals surface area contributed by atoms with Crippen molar-refractivity contribution in [3.8, 4) is 0 Å². The average Bonchev–Trinajstić information content (AvgIpc) is 3.40. The van der Waals surface area contributed by atoms with Crippen LogP contribution in [-0.4, -0.2) is 54.5 Å². The van der Waals surface area contributed by atoms with E-state index in [2.05, 4.69) is 76.6 Å². The number of nitrogens with one attached hydrogen (secondary N) is 1. The second-order valence-electron chi connectivity index (χ2n) is 11.8. The minimum atomic E-state index is 0.143. The van der Waals surface area contributed by atoms with Crippen molar-refractivity contribution in [2.75, 3.05) is 14.1 Å². The smallest absolute Gasteiger partial charge is 0.0678 e. The summed E-state index contributed by atoms with van der Waals surface area (Å²) in [5.41, 5.74) is 11.4. The van der Waals surface area contributed by atoms with Gasteiger partial charge in [-0.3, -0.25) is 19.8 Å². The molecular weight excluding hydrogens is 420 g/mol. The van der Waals surface area contributed by atoms with Crippen molar-refractivity contribution in [2.24, 2.45) is 0 Å². The molecule has 0 aromatic carbocycles. The van der Waals surface area contributed by atoms with E-state index in [1.165, 1.54) is 62.7 Å². The number of likely N-dealkylation sites (N-methyl/N-ethyl adjacent to an activating group) is 2. The summed E-state index contributed by atoms with van der Waals surface area (Å²) in [6, 6.07) is 0. The number of H-pyrrole nitrogens is 1. The topological polar surface area (TPSA) is 53.0 Å². The molecule has 1 N–H and O–H groups in total. The van der Waals surface area contributed by atoms with E-state index in [0.29, 0.717) is 5.54 Å². The van der Waals surface area contributed by atoms with Crippen molar-refractivity contribution in [1.82, 2.24) is 29.3 Å². The summed E-state index contributed by atoms with van der Waals surface area (Å²) in [4.78, 5) is 18.0. The van der Waals surface area contributed by atoms with E-state index in [9.17, 15) is 0 Å². The van der Waals surface area contributed by atoms with E-state index in [1.54, 1.807) is 5.56 Å². The van der Waals surface area contributed by atoms with Crippen LogP contribution in [0.5, 0.6) is 0 Å². The van der Waals surface area contributed by atoms with E-state index in [-0.39, 0.29) is 5.54 Å². The van der Waals surface area contributed by atoms with Crippen LogP contribution in [0.2, 0.25) is 0 Å². The predicted molar refractivity (Wildman–Crippen MR) is 136 cm³/mol.